The minimum absolute atomic E-state index is 0.0400. The van der Waals surface area contributed by atoms with Crippen LogP contribution in [0.2, 0.25) is 0 Å². The molecule has 0 spiro atoms. The van der Waals surface area contributed by atoms with Gasteiger partial charge in [-0.1, -0.05) is 84.5 Å². The first-order chi connectivity index (χ1) is 14.7. The molecule has 3 fully saturated rings. The monoisotopic (exact) mass is 413 g/mol. The van der Waals surface area contributed by atoms with Crippen LogP contribution in [0.1, 0.15) is 142 Å². The molecule has 0 N–H and O–H groups in total. The van der Waals surface area contributed by atoms with Crippen molar-refractivity contribution in [3.63, 3.8) is 0 Å². The summed E-state index contributed by atoms with van der Waals surface area (Å²) < 4.78 is 0. The Kier molecular flexibility index (Phi) is 10.1. The molecule has 0 aromatic carbocycles. The molecule has 0 heterocycles. The van der Waals surface area contributed by atoms with E-state index in [0.717, 1.165) is 29.6 Å². The van der Waals surface area contributed by atoms with Crippen LogP contribution in [-0.2, 0) is 0 Å². The highest BCUT2D eigenvalue weighted by Gasteiger charge is 2.44. The summed E-state index contributed by atoms with van der Waals surface area (Å²) in [4.78, 5) is 0. The Hall–Kier alpha value is -0.510. The van der Waals surface area contributed by atoms with E-state index >= 15 is 0 Å². The average Bonchev–Trinajstić information content (AvgIpc) is 2.79. The molecule has 3 saturated carbocycles. The van der Waals surface area contributed by atoms with Crippen molar-refractivity contribution in [3.8, 4) is 6.07 Å². The first-order valence-electron chi connectivity index (χ1n) is 14.1. The van der Waals surface area contributed by atoms with E-state index < -0.39 is 0 Å². The van der Waals surface area contributed by atoms with Gasteiger partial charge in [-0.05, 0) is 87.4 Å². The molecule has 0 saturated heterocycles. The van der Waals surface area contributed by atoms with Crippen LogP contribution in [0.4, 0.5) is 0 Å². The lowest BCUT2D eigenvalue weighted by Crippen LogP contribution is -2.38. The summed E-state index contributed by atoms with van der Waals surface area (Å²) in [7, 11) is 0. The molecule has 3 aliphatic carbocycles. The van der Waals surface area contributed by atoms with Gasteiger partial charge in [-0.2, -0.15) is 5.26 Å². The van der Waals surface area contributed by atoms with Crippen molar-refractivity contribution in [2.24, 2.45) is 35.0 Å². The first-order valence-corrected chi connectivity index (χ1v) is 14.1. The first kappa shape index (κ1) is 24.1. The molecule has 3 rings (SSSR count). The summed E-state index contributed by atoms with van der Waals surface area (Å²) >= 11 is 0. The molecule has 1 heteroatoms. The van der Waals surface area contributed by atoms with E-state index in [1.165, 1.54) is 128 Å². The van der Waals surface area contributed by atoms with Gasteiger partial charge < -0.3 is 0 Å². The molecule has 0 radical (unpaired) electrons. The Morgan fingerprint density at radius 3 is 2.07 bits per heavy atom. The van der Waals surface area contributed by atoms with Crippen LogP contribution in [0.3, 0.4) is 0 Å². The third kappa shape index (κ3) is 6.74. The minimum Gasteiger partial charge on any atom is -0.198 e. The van der Waals surface area contributed by atoms with Gasteiger partial charge in [0.2, 0.25) is 0 Å². The van der Waals surface area contributed by atoms with E-state index in [0.29, 0.717) is 0 Å². The van der Waals surface area contributed by atoms with Gasteiger partial charge >= 0.3 is 0 Å². The molecule has 4 atom stereocenters. The second-order valence-electron chi connectivity index (χ2n) is 11.7. The normalized spacial score (nSPS) is 36.8. The molecule has 0 aromatic heterocycles. The molecule has 0 aliphatic heterocycles. The van der Waals surface area contributed by atoms with Crippen molar-refractivity contribution >= 4 is 0 Å². The molecule has 4 unspecified atom stereocenters. The Bertz CT molecular complexity index is 511. The SMILES string of the molecule is CCCCCCCC1CCC(C2CCC3CC(C#N)(CCCCC)CCC3C2)CC1. The minimum atomic E-state index is 0.0400. The highest BCUT2D eigenvalue weighted by atomic mass is 14.5. The van der Waals surface area contributed by atoms with E-state index in [2.05, 4.69) is 19.9 Å². The van der Waals surface area contributed by atoms with Crippen molar-refractivity contribution in [1.29, 1.82) is 5.26 Å². The fourth-order valence-electron chi connectivity index (χ4n) is 7.56. The summed E-state index contributed by atoms with van der Waals surface area (Å²) in [5.41, 5.74) is 0.0400. The quantitative estimate of drug-likeness (QED) is 0.309. The van der Waals surface area contributed by atoms with Gasteiger partial charge in [-0.25, -0.2) is 0 Å². The Balaban J connectivity index is 1.38. The van der Waals surface area contributed by atoms with Gasteiger partial charge in [-0.3, -0.25) is 0 Å². The molecular formula is C29H51N. The molecule has 1 nitrogen and oxygen atoms in total. The number of nitrogens with zero attached hydrogens (tertiary/aromatic N) is 1. The zero-order valence-corrected chi connectivity index (χ0v) is 20.5. The van der Waals surface area contributed by atoms with Crippen LogP contribution in [0.25, 0.3) is 0 Å². The second kappa shape index (κ2) is 12.5. The van der Waals surface area contributed by atoms with Crippen LogP contribution in [0.5, 0.6) is 0 Å². The van der Waals surface area contributed by atoms with Crippen LogP contribution < -0.4 is 0 Å². The molecule has 172 valence electrons. The van der Waals surface area contributed by atoms with Gasteiger partial charge in [0.05, 0.1) is 11.5 Å². The highest BCUT2D eigenvalue weighted by molar-refractivity contribution is 5.04. The number of hydrogen-bond donors (Lipinski definition) is 0. The van der Waals surface area contributed by atoms with Crippen LogP contribution in [0, 0.1) is 46.3 Å². The van der Waals surface area contributed by atoms with Crippen LogP contribution >= 0.6 is 0 Å². The molecule has 0 aromatic rings. The Morgan fingerprint density at radius 2 is 1.33 bits per heavy atom. The van der Waals surface area contributed by atoms with Crippen LogP contribution in [-0.4, -0.2) is 0 Å². The fourth-order valence-corrected chi connectivity index (χ4v) is 7.56. The number of hydrogen-bond acceptors (Lipinski definition) is 1. The smallest absolute Gasteiger partial charge is 0.0689 e. The lowest BCUT2D eigenvalue weighted by Gasteiger charge is -2.47. The molecule has 3 aliphatic rings. The summed E-state index contributed by atoms with van der Waals surface area (Å²) in [5.74, 6) is 4.93. The van der Waals surface area contributed by atoms with Gasteiger partial charge in [0, 0.05) is 0 Å². The number of nitriles is 1. The Morgan fingerprint density at radius 1 is 0.700 bits per heavy atom. The summed E-state index contributed by atoms with van der Waals surface area (Å²) in [5, 5.41) is 9.97. The molecule has 0 amide bonds. The fraction of sp³-hybridized carbons (Fsp3) is 0.966. The molecular weight excluding hydrogens is 362 g/mol. The third-order valence-corrected chi connectivity index (χ3v) is 9.60. The number of fused-ring (bicyclic) bond motifs is 1. The maximum Gasteiger partial charge on any atom is 0.0689 e. The van der Waals surface area contributed by atoms with Gasteiger partial charge in [0.15, 0.2) is 0 Å². The summed E-state index contributed by atoms with van der Waals surface area (Å²) in [6, 6.07) is 2.82. The topological polar surface area (TPSA) is 23.8 Å². The van der Waals surface area contributed by atoms with E-state index in [9.17, 15) is 5.26 Å². The van der Waals surface area contributed by atoms with Crippen molar-refractivity contribution in [3.05, 3.63) is 0 Å². The van der Waals surface area contributed by atoms with Gasteiger partial charge in [0.1, 0.15) is 0 Å². The predicted octanol–water partition coefficient (Wildman–Crippen LogP) is 9.46. The molecule has 0 bridgehead atoms. The van der Waals surface area contributed by atoms with E-state index in [4.69, 9.17) is 0 Å². The lowest BCUT2D eigenvalue weighted by atomic mass is 9.57. The summed E-state index contributed by atoms with van der Waals surface area (Å²) in [6.45, 7) is 4.59. The third-order valence-electron chi connectivity index (χ3n) is 9.60. The van der Waals surface area contributed by atoms with Crippen LogP contribution in [0.15, 0.2) is 0 Å². The lowest BCUT2D eigenvalue weighted by molar-refractivity contribution is 0.0377. The average molecular weight is 414 g/mol. The molecule has 30 heavy (non-hydrogen) atoms. The maximum atomic E-state index is 9.97. The van der Waals surface area contributed by atoms with E-state index in [1.54, 1.807) is 0 Å². The van der Waals surface area contributed by atoms with E-state index in [1.807, 2.05) is 0 Å². The van der Waals surface area contributed by atoms with Crippen molar-refractivity contribution in [2.45, 2.75) is 142 Å². The van der Waals surface area contributed by atoms with Gasteiger partial charge in [-0.15, -0.1) is 0 Å². The number of rotatable bonds is 11. The van der Waals surface area contributed by atoms with Crippen molar-refractivity contribution < 1.29 is 0 Å². The van der Waals surface area contributed by atoms with Gasteiger partial charge in [0.25, 0.3) is 0 Å². The maximum absolute atomic E-state index is 9.97. The summed E-state index contributed by atoms with van der Waals surface area (Å²) in [6.07, 6.45) is 28.1. The zero-order valence-electron chi connectivity index (χ0n) is 20.5. The standard InChI is InChI=1S/C29H51N/c1-3-5-7-8-9-11-24-12-14-25(15-13-24)26-16-17-28-22-29(23-30,19-10-6-4-2)20-18-27(28)21-26/h24-28H,3-22H2,1-2H3. The zero-order chi connectivity index (χ0) is 21.2. The Labute approximate surface area is 188 Å². The second-order valence-corrected chi connectivity index (χ2v) is 11.7. The highest BCUT2D eigenvalue weighted by Crippen LogP contribution is 2.53. The van der Waals surface area contributed by atoms with Crippen molar-refractivity contribution in [2.75, 3.05) is 0 Å². The van der Waals surface area contributed by atoms with Crippen molar-refractivity contribution in [1.82, 2.24) is 0 Å². The van der Waals surface area contributed by atoms with E-state index in [-0.39, 0.29) is 5.41 Å². The largest absolute Gasteiger partial charge is 0.198 e. The predicted molar refractivity (Wildman–Crippen MR) is 129 cm³/mol. The number of unbranched alkanes of at least 4 members (excludes halogenated alkanes) is 6.